The summed E-state index contributed by atoms with van der Waals surface area (Å²) in [5.74, 6) is 1.43. The average Bonchev–Trinajstić information content (AvgIpc) is 3.00. The van der Waals surface area contributed by atoms with Gasteiger partial charge in [-0.25, -0.2) is 4.39 Å². The Kier molecular flexibility index (Phi) is 4.53. The molecule has 0 bridgehead atoms. The number of halogens is 1. The molecule has 0 amide bonds. The van der Waals surface area contributed by atoms with Crippen LogP contribution < -0.4 is 10.1 Å². The highest BCUT2D eigenvalue weighted by atomic mass is 19.1. The van der Waals surface area contributed by atoms with E-state index >= 15 is 0 Å². The maximum Gasteiger partial charge on any atom is 0.126 e. The van der Waals surface area contributed by atoms with E-state index in [1.807, 2.05) is 6.07 Å². The summed E-state index contributed by atoms with van der Waals surface area (Å²) < 4.78 is 25.0. The maximum atomic E-state index is 13.3. The zero-order chi connectivity index (χ0) is 13.8. The largest absolute Gasteiger partial charge is 0.490 e. The van der Waals surface area contributed by atoms with Gasteiger partial charge in [-0.15, -0.1) is 0 Å². The molecule has 1 N–H and O–H groups in total. The SMILES string of the molecule is Fc1cccc(O[C@H](C2CCOCC2)[C@@H]2CCNC2)c1. The Bertz CT molecular complexity index is 428. The molecule has 2 atom stereocenters. The van der Waals surface area contributed by atoms with E-state index in [1.165, 1.54) is 12.1 Å². The van der Waals surface area contributed by atoms with E-state index in [0.29, 0.717) is 17.6 Å². The second-order valence-corrected chi connectivity index (χ2v) is 5.74. The zero-order valence-electron chi connectivity index (χ0n) is 11.7. The van der Waals surface area contributed by atoms with Crippen molar-refractivity contribution in [2.45, 2.75) is 25.4 Å². The molecule has 0 aromatic heterocycles. The van der Waals surface area contributed by atoms with E-state index in [0.717, 1.165) is 45.6 Å². The minimum atomic E-state index is -0.238. The third-order valence-electron chi connectivity index (χ3n) is 4.36. The van der Waals surface area contributed by atoms with Crippen LogP contribution in [0.2, 0.25) is 0 Å². The molecule has 3 rings (SSSR count). The first-order valence-corrected chi connectivity index (χ1v) is 7.53. The van der Waals surface area contributed by atoms with Crippen molar-refractivity contribution in [2.24, 2.45) is 11.8 Å². The quantitative estimate of drug-likeness (QED) is 0.919. The molecule has 2 fully saturated rings. The first kappa shape index (κ1) is 13.8. The smallest absolute Gasteiger partial charge is 0.126 e. The predicted octanol–water partition coefficient (Wildman–Crippen LogP) is 2.61. The number of nitrogens with one attached hydrogen (secondary N) is 1. The van der Waals surface area contributed by atoms with Crippen LogP contribution in [0.1, 0.15) is 19.3 Å². The highest BCUT2D eigenvalue weighted by Crippen LogP contribution is 2.31. The maximum absolute atomic E-state index is 13.3. The van der Waals surface area contributed by atoms with Crippen molar-refractivity contribution >= 4 is 0 Å². The molecule has 110 valence electrons. The van der Waals surface area contributed by atoms with Crippen LogP contribution in [0.15, 0.2) is 24.3 Å². The Morgan fingerprint density at radius 3 is 2.75 bits per heavy atom. The molecule has 3 nitrogen and oxygen atoms in total. The van der Waals surface area contributed by atoms with Gasteiger partial charge in [-0.05, 0) is 37.9 Å². The lowest BCUT2D eigenvalue weighted by atomic mass is 9.85. The van der Waals surface area contributed by atoms with Gasteiger partial charge in [-0.1, -0.05) is 6.07 Å². The number of ether oxygens (including phenoxy) is 2. The number of benzene rings is 1. The van der Waals surface area contributed by atoms with Gasteiger partial charge in [0, 0.05) is 37.7 Å². The van der Waals surface area contributed by atoms with Crippen molar-refractivity contribution in [3.8, 4) is 5.75 Å². The first-order chi connectivity index (χ1) is 9.83. The summed E-state index contributed by atoms with van der Waals surface area (Å²) in [6.45, 7) is 3.68. The van der Waals surface area contributed by atoms with Crippen molar-refractivity contribution in [3.05, 3.63) is 30.1 Å². The second-order valence-electron chi connectivity index (χ2n) is 5.74. The molecule has 0 radical (unpaired) electrons. The van der Waals surface area contributed by atoms with Crippen LogP contribution in [0.5, 0.6) is 5.75 Å². The van der Waals surface area contributed by atoms with Crippen molar-refractivity contribution in [3.63, 3.8) is 0 Å². The fourth-order valence-corrected chi connectivity index (χ4v) is 3.28. The minimum Gasteiger partial charge on any atom is -0.490 e. The lowest BCUT2D eigenvalue weighted by Crippen LogP contribution is -2.39. The molecule has 1 aromatic carbocycles. The van der Waals surface area contributed by atoms with E-state index in [4.69, 9.17) is 9.47 Å². The van der Waals surface area contributed by atoms with E-state index in [1.54, 1.807) is 6.07 Å². The van der Waals surface area contributed by atoms with E-state index < -0.39 is 0 Å². The Labute approximate surface area is 119 Å². The minimum absolute atomic E-state index is 0.163. The van der Waals surface area contributed by atoms with Gasteiger partial charge in [0.05, 0.1) is 0 Å². The van der Waals surface area contributed by atoms with Crippen LogP contribution in [-0.4, -0.2) is 32.4 Å². The van der Waals surface area contributed by atoms with Gasteiger partial charge in [0.2, 0.25) is 0 Å². The molecular formula is C16H22FNO2. The third-order valence-corrected chi connectivity index (χ3v) is 4.36. The lowest BCUT2D eigenvalue weighted by molar-refractivity contribution is -0.00144. The Hall–Kier alpha value is -1.13. The second kappa shape index (κ2) is 6.55. The van der Waals surface area contributed by atoms with E-state index in [9.17, 15) is 4.39 Å². The van der Waals surface area contributed by atoms with Crippen molar-refractivity contribution < 1.29 is 13.9 Å². The summed E-state index contributed by atoms with van der Waals surface area (Å²) in [4.78, 5) is 0. The van der Waals surface area contributed by atoms with Crippen molar-refractivity contribution in [1.29, 1.82) is 0 Å². The van der Waals surface area contributed by atoms with Crippen LogP contribution in [0.25, 0.3) is 0 Å². The zero-order valence-corrected chi connectivity index (χ0v) is 11.7. The molecule has 20 heavy (non-hydrogen) atoms. The van der Waals surface area contributed by atoms with E-state index in [-0.39, 0.29) is 11.9 Å². The molecule has 0 saturated carbocycles. The van der Waals surface area contributed by atoms with Gasteiger partial charge in [-0.3, -0.25) is 0 Å². The molecule has 2 aliphatic rings. The van der Waals surface area contributed by atoms with Gasteiger partial charge >= 0.3 is 0 Å². The lowest BCUT2D eigenvalue weighted by Gasteiger charge is -2.34. The fourth-order valence-electron chi connectivity index (χ4n) is 3.28. The molecule has 2 saturated heterocycles. The van der Waals surface area contributed by atoms with Crippen LogP contribution in [0.4, 0.5) is 4.39 Å². The molecular weight excluding hydrogens is 257 g/mol. The first-order valence-electron chi connectivity index (χ1n) is 7.53. The highest BCUT2D eigenvalue weighted by molar-refractivity contribution is 5.23. The van der Waals surface area contributed by atoms with Crippen LogP contribution in [-0.2, 0) is 4.74 Å². The fraction of sp³-hybridized carbons (Fsp3) is 0.625. The van der Waals surface area contributed by atoms with Crippen molar-refractivity contribution in [1.82, 2.24) is 5.32 Å². The molecule has 4 heteroatoms. The highest BCUT2D eigenvalue weighted by Gasteiger charge is 2.34. The molecule has 2 aliphatic heterocycles. The summed E-state index contributed by atoms with van der Waals surface area (Å²) in [6.07, 6.45) is 3.38. The summed E-state index contributed by atoms with van der Waals surface area (Å²) in [7, 11) is 0. The van der Waals surface area contributed by atoms with Gasteiger partial charge in [0.1, 0.15) is 17.7 Å². The predicted molar refractivity (Wildman–Crippen MR) is 75.3 cm³/mol. The van der Waals surface area contributed by atoms with Crippen LogP contribution in [0.3, 0.4) is 0 Å². The Morgan fingerprint density at radius 2 is 2.05 bits per heavy atom. The van der Waals surface area contributed by atoms with Crippen LogP contribution >= 0.6 is 0 Å². The molecule has 0 spiro atoms. The van der Waals surface area contributed by atoms with E-state index in [2.05, 4.69) is 5.32 Å². The summed E-state index contributed by atoms with van der Waals surface area (Å²) in [5.41, 5.74) is 0. The summed E-state index contributed by atoms with van der Waals surface area (Å²) in [6, 6.07) is 6.48. The number of hydrogen-bond acceptors (Lipinski definition) is 3. The normalized spacial score (nSPS) is 25.6. The molecule has 0 aliphatic carbocycles. The molecule has 1 aromatic rings. The third kappa shape index (κ3) is 3.30. The Balaban J connectivity index is 1.73. The van der Waals surface area contributed by atoms with Gasteiger partial charge in [0.15, 0.2) is 0 Å². The monoisotopic (exact) mass is 279 g/mol. The Morgan fingerprint density at radius 1 is 1.20 bits per heavy atom. The standard InChI is InChI=1S/C16H22FNO2/c17-14-2-1-3-15(10-14)20-16(13-4-7-18-11-13)12-5-8-19-9-6-12/h1-3,10,12-13,16,18H,4-9,11H2/t13-,16-/m1/s1. The number of rotatable bonds is 4. The van der Waals surface area contributed by atoms with Crippen LogP contribution in [0, 0.1) is 17.7 Å². The van der Waals surface area contributed by atoms with Crippen molar-refractivity contribution in [2.75, 3.05) is 26.3 Å². The van der Waals surface area contributed by atoms with Gasteiger partial charge < -0.3 is 14.8 Å². The van der Waals surface area contributed by atoms with Gasteiger partial charge in [-0.2, -0.15) is 0 Å². The average molecular weight is 279 g/mol. The molecule has 0 unspecified atom stereocenters. The number of hydrogen-bond donors (Lipinski definition) is 1. The van der Waals surface area contributed by atoms with Gasteiger partial charge in [0.25, 0.3) is 0 Å². The molecule has 2 heterocycles. The topological polar surface area (TPSA) is 30.5 Å². The summed E-state index contributed by atoms with van der Waals surface area (Å²) in [5, 5.41) is 3.40. The summed E-state index contributed by atoms with van der Waals surface area (Å²) >= 11 is 0.